The number of carbonyl (C=O) groups is 1. The Morgan fingerprint density at radius 2 is 2.12 bits per heavy atom. The Morgan fingerprint density at radius 1 is 1.40 bits per heavy atom. The van der Waals surface area contributed by atoms with Gasteiger partial charge in [0.2, 0.25) is 6.79 Å². The monoisotopic (exact) mass is 347 g/mol. The number of nitrogens with zero attached hydrogens (tertiary/aromatic N) is 3. The highest BCUT2D eigenvalue weighted by Crippen LogP contribution is 2.34. The fourth-order valence-corrected chi connectivity index (χ4v) is 2.70. The molecule has 0 aliphatic carbocycles. The van der Waals surface area contributed by atoms with Gasteiger partial charge in [0.05, 0.1) is 4.92 Å². The third kappa shape index (κ3) is 3.25. The number of fused-ring (bicyclic) bond motifs is 1. The molecule has 1 atom stereocenters. The lowest BCUT2D eigenvalue weighted by molar-refractivity contribution is -0.386. The third-order valence-electron chi connectivity index (χ3n) is 3.98. The van der Waals surface area contributed by atoms with Crippen LogP contribution in [0.25, 0.3) is 0 Å². The van der Waals surface area contributed by atoms with Crippen LogP contribution in [0.4, 0.5) is 5.69 Å². The predicted octanol–water partition coefficient (Wildman–Crippen LogP) is 2.44. The summed E-state index contributed by atoms with van der Waals surface area (Å²) in [6, 6.07) is 5.31. The largest absolute Gasteiger partial charge is 0.456 e. The van der Waals surface area contributed by atoms with E-state index in [1.54, 1.807) is 32.0 Å². The highest BCUT2D eigenvalue weighted by Gasteiger charge is 2.24. The molecule has 0 spiro atoms. The molecular weight excluding hydrogens is 330 g/mol. The van der Waals surface area contributed by atoms with Crippen LogP contribution in [0.2, 0.25) is 0 Å². The van der Waals surface area contributed by atoms with E-state index in [4.69, 9.17) is 14.2 Å². The van der Waals surface area contributed by atoms with E-state index in [1.165, 1.54) is 11.6 Å². The molecule has 0 amide bonds. The van der Waals surface area contributed by atoms with Gasteiger partial charge in [0, 0.05) is 0 Å². The SMILES string of the molecule is Cc1nn(CC(=O)OC(C)c2ccc3c(c2)OCO3)c(C)c1[N+](=O)[O-]. The predicted molar refractivity (Wildman–Crippen MR) is 85.4 cm³/mol. The number of hydrogen-bond donors (Lipinski definition) is 0. The van der Waals surface area contributed by atoms with Crippen molar-refractivity contribution < 1.29 is 23.9 Å². The summed E-state index contributed by atoms with van der Waals surface area (Å²) in [7, 11) is 0. The van der Waals surface area contributed by atoms with Gasteiger partial charge in [-0.1, -0.05) is 6.07 Å². The lowest BCUT2D eigenvalue weighted by atomic mass is 10.1. The lowest BCUT2D eigenvalue weighted by Gasteiger charge is -2.14. The third-order valence-corrected chi connectivity index (χ3v) is 3.98. The number of carbonyl (C=O) groups excluding carboxylic acids is 1. The Balaban J connectivity index is 1.68. The molecule has 3 rings (SSSR count). The molecule has 1 aromatic heterocycles. The van der Waals surface area contributed by atoms with Crippen LogP contribution in [0, 0.1) is 24.0 Å². The molecule has 1 unspecified atom stereocenters. The second kappa shape index (κ2) is 6.42. The van der Waals surface area contributed by atoms with Gasteiger partial charge < -0.3 is 14.2 Å². The molecule has 132 valence electrons. The summed E-state index contributed by atoms with van der Waals surface area (Å²) in [5.74, 6) is 0.720. The van der Waals surface area contributed by atoms with Gasteiger partial charge in [0.1, 0.15) is 24.0 Å². The van der Waals surface area contributed by atoms with Gasteiger partial charge in [-0.2, -0.15) is 5.10 Å². The first-order valence-corrected chi connectivity index (χ1v) is 7.64. The Morgan fingerprint density at radius 3 is 2.80 bits per heavy atom. The molecule has 9 heteroatoms. The molecule has 0 N–H and O–H groups in total. The summed E-state index contributed by atoms with van der Waals surface area (Å²) in [4.78, 5) is 22.7. The first-order chi connectivity index (χ1) is 11.9. The molecular formula is C16H17N3O6. The number of nitro groups is 1. The van der Waals surface area contributed by atoms with Crippen molar-refractivity contribution in [2.45, 2.75) is 33.4 Å². The minimum atomic E-state index is -0.536. The van der Waals surface area contributed by atoms with Gasteiger partial charge in [-0.05, 0) is 38.5 Å². The second-order valence-corrected chi connectivity index (χ2v) is 5.68. The fraction of sp³-hybridized carbons (Fsp3) is 0.375. The number of hydrogen-bond acceptors (Lipinski definition) is 7. The molecule has 0 fully saturated rings. The Kier molecular flexibility index (Phi) is 4.30. The smallest absolute Gasteiger partial charge is 0.328 e. The normalized spacial score (nSPS) is 13.6. The van der Waals surface area contributed by atoms with E-state index in [9.17, 15) is 14.9 Å². The Hall–Kier alpha value is -3.10. The van der Waals surface area contributed by atoms with Crippen molar-refractivity contribution in [3.8, 4) is 11.5 Å². The van der Waals surface area contributed by atoms with Crippen LogP contribution < -0.4 is 9.47 Å². The highest BCUT2D eigenvalue weighted by molar-refractivity contribution is 5.70. The van der Waals surface area contributed by atoms with Crippen molar-refractivity contribution in [3.05, 3.63) is 45.3 Å². The van der Waals surface area contributed by atoms with E-state index in [-0.39, 0.29) is 24.7 Å². The summed E-state index contributed by atoms with van der Waals surface area (Å²) in [6.45, 7) is 4.78. The fourth-order valence-electron chi connectivity index (χ4n) is 2.70. The van der Waals surface area contributed by atoms with Crippen LogP contribution in [0.15, 0.2) is 18.2 Å². The van der Waals surface area contributed by atoms with E-state index >= 15 is 0 Å². The van der Waals surface area contributed by atoms with E-state index in [2.05, 4.69) is 5.10 Å². The number of ether oxygens (including phenoxy) is 3. The van der Waals surface area contributed by atoms with Crippen molar-refractivity contribution in [1.82, 2.24) is 9.78 Å². The van der Waals surface area contributed by atoms with Crippen LogP contribution in [0.3, 0.4) is 0 Å². The molecule has 2 aromatic rings. The summed E-state index contributed by atoms with van der Waals surface area (Å²) in [6.07, 6.45) is -0.506. The molecule has 1 aliphatic heterocycles. The number of rotatable bonds is 5. The highest BCUT2D eigenvalue weighted by atomic mass is 16.7. The minimum absolute atomic E-state index is 0.0865. The molecule has 25 heavy (non-hydrogen) atoms. The van der Waals surface area contributed by atoms with Crippen LogP contribution >= 0.6 is 0 Å². The van der Waals surface area contributed by atoms with Crippen LogP contribution in [-0.2, 0) is 16.1 Å². The van der Waals surface area contributed by atoms with Gasteiger partial charge in [-0.3, -0.25) is 19.6 Å². The van der Waals surface area contributed by atoms with E-state index in [0.29, 0.717) is 17.2 Å². The zero-order valence-corrected chi connectivity index (χ0v) is 14.0. The molecule has 0 bridgehead atoms. The molecule has 0 radical (unpaired) electrons. The summed E-state index contributed by atoms with van der Waals surface area (Å²) in [5, 5.41) is 15.0. The van der Waals surface area contributed by atoms with Crippen molar-refractivity contribution in [1.29, 1.82) is 0 Å². The average Bonchev–Trinajstić information content (AvgIpc) is 3.10. The van der Waals surface area contributed by atoms with Gasteiger partial charge >= 0.3 is 11.7 Å². The molecule has 0 saturated carbocycles. The minimum Gasteiger partial charge on any atom is -0.456 e. The standard InChI is InChI=1S/C16H17N3O6/c1-9-16(19(21)22)10(2)18(17-9)7-15(20)25-11(3)12-4-5-13-14(6-12)24-8-23-13/h4-6,11H,7-8H2,1-3H3. The Bertz CT molecular complexity index is 845. The van der Waals surface area contributed by atoms with Crippen LogP contribution in [0.1, 0.15) is 30.0 Å². The molecule has 9 nitrogen and oxygen atoms in total. The van der Waals surface area contributed by atoms with Gasteiger partial charge in [-0.15, -0.1) is 0 Å². The molecule has 1 aliphatic rings. The Labute approximate surface area is 143 Å². The van der Waals surface area contributed by atoms with Crippen molar-refractivity contribution in [2.75, 3.05) is 6.79 Å². The van der Waals surface area contributed by atoms with Crippen molar-refractivity contribution in [2.24, 2.45) is 0 Å². The van der Waals surface area contributed by atoms with E-state index in [1.807, 2.05) is 0 Å². The number of aromatic nitrogens is 2. The number of benzene rings is 1. The molecule has 0 saturated heterocycles. The van der Waals surface area contributed by atoms with E-state index in [0.717, 1.165) is 5.56 Å². The van der Waals surface area contributed by atoms with Crippen LogP contribution in [0.5, 0.6) is 11.5 Å². The molecule has 1 aromatic carbocycles. The average molecular weight is 347 g/mol. The summed E-state index contributed by atoms with van der Waals surface area (Å²) < 4.78 is 17.2. The maximum absolute atomic E-state index is 12.2. The first-order valence-electron chi connectivity index (χ1n) is 7.64. The summed E-state index contributed by atoms with van der Waals surface area (Å²) in [5.41, 5.74) is 1.25. The quantitative estimate of drug-likeness (QED) is 0.464. The first kappa shape index (κ1) is 16.7. The topological polar surface area (TPSA) is 106 Å². The zero-order valence-electron chi connectivity index (χ0n) is 14.0. The van der Waals surface area contributed by atoms with Crippen LogP contribution in [-0.4, -0.2) is 27.5 Å². The van der Waals surface area contributed by atoms with E-state index < -0.39 is 17.0 Å². The number of aryl methyl sites for hydroxylation is 1. The van der Waals surface area contributed by atoms with Gasteiger partial charge in [0.15, 0.2) is 11.5 Å². The van der Waals surface area contributed by atoms with Gasteiger partial charge in [0.25, 0.3) is 0 Å². The maximum Gasteiger partial charge on any atom is 0.328 e. The molecule has 2 heterocycles. The summed E-state index contributed by atoms with van der Waals surface area (Å²) >= 11 is 0. The second-order valence-electron chi connectivity index (χ2n) is 5.68. The zero-order chi connectivity index (χ0) is 18.1. The maximum atomic E-state index is 12.2. The number of esters is 1. The lowest BCUT2D eigenvalue weighted by Crippen LogP contribution is -2.17. The van der Waals surface area contributed by atoms with Crippen molar-refractivity contribution in [3.63, 3.8) is 0 Å². The van der Waals surface area contributed by atoms with Crippen molar-refractivity contribution >= 4 is 11.7 Å². The van der Waals surface area contributed by atoms with Gasteiger partial charge in [-0.25, -0.2) is 0 Å².